The molecule has 88 valence electrons. The first-order valence-corrected chi connectivity index (χ1v) is 5.87. The maximum atomic E-state index is 13.2. The lowest BCUT2D eigenvalue weighted by Gasteiger charge is -2.08. The second kappa shape index (κ2) is 5.19. The van der Waals surface area contributed by atoms with Crippen LogP contribution in [0.15, 0.2) is 46.9 Å². The third-order valence-electron chi connectivity index (χ3n) is 2.32. The van der Waals surface area contributed by atoms with E-state index in [1.54, 1.807) is 6.07 Å². The van der Waals surface area contributed by atoms with Gasteiger partial charge in [-0.3, -0.25) is 0 Å². The zero-order valence-corrected chi connectivity index (χ0v) is 10.6. The van der Waals surface area contributed by atoms with Gasteiger partial charge in [0.05, 0.1) is 5.69 Å². The molecule has 0 aliphatic rings. The van der Waals surface area contributed by atoms with E-state index in [0.717, 1.165) is 10.0 Å². The fourth-order valence-electron chi connectivity index (χ4n) is 1.37. The highest BCUT2D eigenvalue weighted by Gasteiger charge is 2.03. The summed E-state index contributed by atoms with van der Waals surface area (Å²) < 4.78 is 19.6. The second-order valence-corrected chi connectivity index (χ2v) is 4.42. The summed E-state index contributed by atoms with van der Waals surface area (Å²) in [6.07, 6.45) is 0. The van der Waals surface area contributed by atoms with Crippen molar-refractivity contribution >= 4 is 21.6 Å². The molecule has 0 aliphatic carbocycles. The fraction of sp³-hybridized carbons (Fsp3) is 0.0769. The van der Waals surface area contributed by atoms with Crippen LogP contribution in [0.5, 0.6) is 5.75 Å². The zero-order chi connectivity index (χ0) is 12.3. The molecular weight excluding hydrogens is 285 g/mol. The van der Waals surface area contributed by atoms with Crippen LogP contribution in [-0.4, -0.2) is 0 Å². The Bertz CT molecular complexity index is 531. The maximum absolute atomic E-state index is 13.2. The smallest absolute Gasteiger partial charge is 0.149 e. The lowest BCUT2D eigenvalue weighted by molar-refractivity contribution is 0.304. The number of hydrogen-bond acceptors (Lipinski definition) is 2. The van der Waals surface area contributed by atoms with Crippen LogP contribution in [0.4, 0.5) is 10.1 Å². The summed E-state index contributed by atoms with van der Waals surface area (Å²) in [6.45, 7) is 0.380. The van der Waals surface area contributed by atoms with Crippen molar-refractivity contribution in [3.63, 3.8) is 0 Å². The standard InChI is InChI=1S/C13H11BrFNO/c14-11-4-2-1-3-9(11)8-17-10-5-6-13(16)12(15)7-10/h1-7H,8,16H2. The van der Waals surface area contributed by atoms with Gasteiger partial charge in [-0.2, -0.15) is 0 Å². The van der Waals surface area contributed by atoms with Crippen molar-refractivity contribution in [1.82, 2.24) is 0 Å². The maximum Gasteiger partial charge on any atom is 0.149 e. The normalized spacial score (nSPS) is 10.2. The molecule has 0 saturated carbocycles. The van der Waals surface area contributed by atoms with Gasteiger partial charge in [-0.15, -0.1) is 0 Å². The molecular formula is C13H11BrFNO. The van der Waals surface area contributed by atoms with Gasteiger partial charge in [0.25, 0.3) is 0 Å². The van der Waals surface area contributed by atoms with Crippen molar-refractivity contribution in [2.75, 3.05) is 5.73 Å². The van der Waals surface area contributed by atoms with Gasteiger partial charge in [-0.25, -0.2) is 4.39 Å². The zero-order valence-electron chi connectivity index (χ0n) is 8.99. The summed E-state index contributed by atoms with van der Waals surface area (Å²) in [7, 11) is 0. The van der Waals surface area contributed by atoms with Crippen LogP contribution in [-0.2, 0) is 6.61 Å². The molecule has 0 aliphatic heterocycles. The molecule has 0 unspecified atom stereocenters. The van der Waals surface area contributed by atoms with Crippen LogP contribution >= 0.6 is 15.9 Å². The molecule has 0 saturated heterocycles. The highest BCUT2D eigenvalue weighted by Crippen LogP contribution is 2.21. The molecule has 0 bridgehead atoms. The van der Waals surface area contributed by atoms with Crippen molar-refractivity contribution in [2.45, 2.75) is 6.61 Å². The van der Waals surface area contributed by atoms with Gasteiger partial charge in [0.1, 0.15) is 18.2 Å². The molecule has 0 amide bonds. The molecule has 2 aromatic carbocycles. The molecule has 2 rings (SSSR count). The number of rotatable bonds is 3. The Balaban J connectivity index is 2.08. The molecule has 2 nitrogen and oxygen atoms in total. The van der Waals surface area contributed by atoms with Gasteiger partial charge < -0.3 is 10.5 Å². The molecule has 0 aromatic heterocycles. The van der Waals surface area contributed by atoms with E-state index in [1.165, 1.54) is 12.1 Å². The summed E-state index contributed by atoms with van der Waals surface area (Å²) in [6, 6.07) is 12.1. The van der Waals surface area contributed by atoms with Gasteiger partial charge in [-0.1, -0.05) is 34.1 Å². The highest BCUT2D eigenvalue weighted by atomic mass is 79.9. The minimum absolute atomic E-state index is 0.123. The van der Waals surface area contributed by atoms with Crippen LogP contribution in [0.3, 0.4) is 0 Å². The van der Waals surface area contributed by atoms with Crippen LogP contribution in [0.25, 0.3) is 0 Å². The van der Waals surface area contributed by atoms with Crippen LogP contribution < -0.4 is 10.5 Å². The van der Waals surface area contributed by atoms with E-state index in [-0.39, 0.29) is 5.69 Å². The first-order chi connectivity index (χ1) is 8.16. The van der Waals surface area contributed by atoms with Crippen LogP contribution in [0, 0.1) is 5.82 Å². The average Bonchev–Trinajstić information content (AvgIpc) is 2.32. The summed E-state index contributed by atoms with van der Waals surface area (Å²) in [5, 5.41) is 0. The number of ether oxygens (including phenoxy) is 1. The number of benzene rings is 2. The predicted molar refractivity (Wildman–Crippen MR) is 69.3 cm³/mol. The van der Waals surface area contributed by atoms with E-state index in [2.05, 4.69) is 15.9 Å². The SMILES string of the molecule is Nc1ccc(OCc2ccccc2Br)cc1F. The van der Waals surface area contributed by atoms with Gasteiger partial charge in [0, 0.05) is 16.1 Å². The molecule has 17 heavy (non-hydrogen) atoms. The van der Waals surface area contributed by atoms with Gasteiger partial charge >= 0.3 is 0 Å². The third-order valence-corrected chi connectivity index (χ3v) is 3.10. The molecule has 0 fully saturated rings. The van der Waals surface area contributed by atoms with Crippen molar-refractivity contribution < 1.29 is 9.13 Å². The Morgan fingerprint density at radius 2 is 1.94 bits per heavy atom. The van der Waals surface area contributed by atoms with E-state index >= 15 is 0 Å². The van der Waals surface area contributed by atoms with Gasteiger partial charge in [0.15, 0.2) is 0 Å². The summed E-state index contributed by atoms with van der Waals surface area (Å²) in [5.41, 5.74) is 6.51. The van der Waals surface area contributed by atoms with E-state index in [1.807, 2.05) is 24.3 Å². The van der Waals surface area contributed by atoms with E-state index in [4.69, 9.17) is 10.5 Å². The Morgan fingerprint density at radius 1 is 1.18 bits per heavy atom. The van der Waals surface area contributed by atoms with Crippen molar-refractivity contribution in [3.05, 3.63) is 58.3 Å². The van der Waals surface area contributed by atoms with Crippen LogP contribution in [0.2, 0.25) is 0 Å². The Hall–Kier alpha value is -1.55. The molecule has 0 atom stereocenters. The molecule has 2 N–H and O–H groups in total. The van der Waals surface area contributed by atoms with Gasteiger partial charge in [0.2, 0.25) is 0 Å². The minimum Gasteiger partial charge on any atom is -0.489 e. The average molecular weight is 296 g/mol. The fourth-order valence-corrected chi connectivity index (χ4v) is 1.77. The van der Waals surface area contributed by atoms with Crippen molar-refractivity contribution in [1.29, 1.82) is 0 Å². The lowest BCUT2D eigenvalue weighted by Crippen LogP contribution is -1.97. The quantitative estimate of drug-likeness (QED) is 0.875. The summed E-state index contributed by atoms with van der Waals surface area (Å²) in [4.78, 5) is 0. The second-order valence-electron chi connectivity index (χ2n) is 3.56. The number of hydrogen-bond donors (Lipinski definition) is 1. The summed E-state index contributed by atoms with van der Waals surface area (Å²) in [5.74, 6) is 0.00193. The first-order valence-electron chi connectivity index (χ1n) is 5.08. The monoisotopic (exact) mass is 295 g/mol. The Kier molecular flexibility index (Phi) is 3.64. The Labute approximate surface area is 107 Å². The van der Waals surface area contributed by atoms with E-state index in [0.29, 0.717) is 12.4 Å². The highest BCUT2D eigenvalue weighted by molar-refractivity contribution is 9.10. The topological polar surface area (TPSA) is 35.2 Å². The Morgan fingerprint density at radius 3 is 2.65 bits per heavy atom. The van der Waals surface area contributed by atoms with Crippen molar-refractivity contribution in [3.8, 4) is 5.75 Å². The molecule has 0 radical (unpaired) electrons. The number of nitrogens with two attached hydrogens (primary N) is 1. The lowest BCUT2D eigenvalue weighted by atomic mass is 10.2. The number of nitrogen functional groups attached to an aromatic ring is 1. The van der Waals surface area contributed by atoms with Crippen molar-refractivity contribution in [2.24, 2.45) is 0 Å². The predicted octanol–water partition coefficient (Wildman–Crippen LogP) is 3.75. The van der Waals surface area contributed by atoms with Crippen LogP contribution in [0.1, 0.15) is 5.56 Å². The molecule has 0 heterocycles. The number of anilines is 1. The van der Waals surface area contributed by atoms with E-state index < -0.39 is 5.82 Å². The summed E-state index contributed by atoms with van der Waals surface area (Å²) >= 11 is 3.42. The molecule has 2 aromatic rings. The molecule has 4 heteroatoms. The van der Waals surface area contributed by atoms with Gasteiger partial charge in [-0.05, 0) is 18.2 Å². The minimum atomic E-state index is -0.463. The largest absolute Gasteiger partial charge is 0.489 e. The third kappa shape index (κ3) is 2.97. The van der Waals surface area contributed by atoms with E-state index in [9.17, 15) is 4.39 Å². The molecule has 0 spiro atoms. The number of halogens is 2. The first kappa shape index (κ1) is 11.9.